The Labute approximate surface area is 237 Å². The van der Waals surface area contributed by atoms with Crippen molar-refractivity contribution in [3.63, 3.8) is 0 Å². The molecule has 11 nitrogen and oxygen atoms in total. The molecule has 0 radical (unpaired) electrons. The van der Waals surface area contributed by atoms with E-state index >= 15 is 0 Å². The van der Waals surface area contributed by atoms with E-state index in [0.29, 0.717) is 11.1 Å². The Morgan fingerprint density at radius 3 is 1.98 bits per heavy atom. The lowest BCUT2D eigenvalue weighted by Crippen LogP contribution is -2.52. The van der Waals surface area contributed by atoms with Crippen molar-refractivity contribution >= 4 is 33.6 Å². The van der Waals surface area contributed by atoms with Gasteiger partial charge < -0.3 is 26.6 Å². The Hall–Kier alpha value is -4.55. The first-order valence-corrected chi connectivity index (χ1v) is 14.5. The molecular formula is C29H31N3O8S. The second kappa shape index (κ2) is 14.2. The third-order valence-electron chi connectivity index (χ3n) is 6.22. The number of amides is 2. The number of rotatable bonds is 14. The van der Waals surface area contributed by atoms with Gasteiger partial charge in [-0.15, -0.1) is 0 Å². The summed E-state index contributed by atoms with van der Waals surface area (Å²) in [5, 5.41) is 23.3. The average molecular weight is 582 g/mol. The van der Waals surface area contributed by atoms with Crippen LogP contribution in [0, 0.1) is 0 Å². The van der Waals surface area contributed by atoms with Crippen LogP contribution in [0.25, 0.3) is 11.1 Å². The molecule has 0 fully saturated rings. The molecule has 0 heterocycles. The number of nitrogens with two attached hydrogens (primary N) is 1. The van der Waals surface area contributed by atoms with E-state index in [1.165, 1.54) is 12.1 Å². The van der Waals surface area contributed by atoms with Gasteiger partial charge in [-0.3, -0.25) is 14.4 Å². The van der Waals surface area contributed by atoms with Crippen LogP contribution in [0.5, 0.6) is 0 Å². The predicted octanol–water partition coefficient (Wildman–Crippen LogP) is 1.89. The molecule has 0 saturated carbocycles. The maximum Gasteiger partial charge on any atom is 0.330 e. The normalized spacial score (nSPS) is 13.4. The Morgan fingerprint density at radius 1 is 0.780 bits per heavy atom. The SMILES string of the molecule is N[C@@H](CCC(=O)N[C@@H](CS(=O)(=O)Cc1ccccc1-c1ccccc1)C(=O)N[C@@H](C(=O)O)c1ccccc1)C(=O)O. The van der Waals surface area contributed by atoms with Gasteiger partial charge in [0, 0.05) is 6.42 Å². The first-order valence-electron chi connectivity index (χ1n) is 12.7. The molecular weight excluding hydrogens is 550 g/mol. The van der Waals surface area contributed by atoms with Crippen LogP contribution >= 0.6 is 0 Å². The maximum atomic E-state index is 13.4. The monoisotopic (exact) mass is 581 g/mol. The summed E-state index contributed by atoms with van der Waals surface area (Å²) in [5.41, 5.74) is 7.64. The quantitative estimate of drug-likeness (QED) is 0.189. The fourth-order valence-corrected chi connectivity index (χ4v) is 5.72. The zero-order valence-electron chi connectivity index (χ0n) is 22.0. The third kappa shape index (κ3) is 9.26. The summed E-state index contributed by atoms with van der Waals surface area (Å²) in [6, 6.07) is 19.3. The fourth-order valence-electron chi connectivity index (χ4n) is 4.13. The zero-order chi connectivity index (χ0) is 30.0. The van der Waals surface area contributed by atoms with Gasteiger partial charge in [0.1, 0.15) is 12.1 Å². The van der Waals surface area contributed by atoms with E-state index in [4.69, 9.17) is 10.8 Å². The van der Waals surface area contributed by atoms with Crippen LogP contribution in [0.2, 0.25) is 0 Å². The summed E-state index contributed by atoms with van der Waals surface area (Å²) in [5.74, 6) is -5.84. The Balaban J connectivity index is 1.85. The first-order chi connectivity index (χ1) is 19.5. The molecule has 3 aromatic rings. The van der Waals surface area contributed by atoms with Gasteiger partial charge in [0.2, 0.25) is 11.8 Å². The second-order valence-electron chi connectivity index (χ2n) is 9.37. The molecule has 12 heteroatoms. The number of benzene rings is 3. The molecule has 0 bridgehead atoms. The van der Waals surface area contributed by atoms with Crippen molar-refractivity contribution in [2.75, 3.05) is 5.75 Å². The smallest absolute Gasteiger partial charge is 0.330 e. The van der Waals surface area contributed by atoms with Crippen molar-refractivity contribution in [1.29, 1.82) is 0 Å². The van der Waals surface area contributed by atoms with Gasteiger partial charge in [-0.25, -0.2) is 13.2 Å². The maximum absolute atomic E-state index is 13.4. The van der Waals surface area contributed by atoms with Gasteiger partial charge >= 0.3 is 11.9 Å². The van der Waals surface area contributed by atoms with E-state index in [-0.39, 0.29) is 12.0 Å². The number of hydrogen-bond acceptors (Lipinski definition) is 7. The molecule has 3 atom stereocenters. The molecule has 3 rings (SSSR count). The lowest BCUT2D eigenvalue weighted by molar-refractivity contribution is -0.142. The third-order valence-corrected chi connectivity index (χ3v) is 7.81. The number of sulfone groups is 1. The van der Waals surface area contributed by atoms with E-state index in [2.05, 4.69) is 10.6 Å². The molecule has 0 aliphatic carbocycles. The summed E-state index contributed by atoms with van der Waals surface area (Å²) in [7, 11) is -4.06. The number of carboxylic acids is 2. The van der Waals surface area contributed by atoms with Crippen molar-refractivity contribution in [3.8, 4) is 11.1 Å². The molecule has 216 valence electrons. The number of carboxylic acid groups (broad SMARTS) is 2. The van der Waals surface area contributed by atoms with Crippen molar-refractivity contribution < 1.29 is 37.8 Å². The Kier molecular flexibility index (Phi) is 10.7. The summed E-state index contributed by atoms with van der Waals surface area (Å²) >= 11 is 0. The second-order valence-corrected chi connectivity index (χ2v) is 11.5. The Morgan fingerprint density at radius 2 is 1.37 bits per heavy atom. The lowest BCUT2D eigenvalue weighted by atomic mass is 10.0. The summed E-state index contributed by atoms with van der Waals surface area (Å²) in [6.07, 6.45) is -0.649. The van der Waals surface area contributed by atoms with Crippen LogP contribution in [0.1, 0.15) is 30.0 Å². The number of aliphatic carboxylic acids is 2. The number of carbonyl (C=O) groups is 4. The number of nitrogens with one attached hydrogen (secondary N) is 2. The van der Waals surface area contributed by atoms with Crippen molar-refractivity contribution in [2.45, 2.75) is 36.7 Å². The largest absolute Gasteiger partial charge is 0.480 e. The highest BCUT2D eigenvalue weighted by atomic mass is 32.2. The molecule has 0 unspecified atom stereocenters. The molecule has 41 heavy (non-hydrogen) atoms. The van der Waals surface area contributed by atoms with Crippen molar-refractivity contribution in [3.05, 3.63) is 96.1 Å². The molecule has 2 amide bonds. The minimum absolute atomic E-state index is 0.241. The lowest BCUT2D eigenvalue weighted by Gasteiger charge is -2.22. The van der Waals surface area contributed by atoms with Crippen LogP contribution < -0.4 is 16.4 Å². The van der Waals surface area contributed by atoms with Gasteiger partial charge in [-0.1, -0.05) is 84.9 Å². The van der Waals surface area contributed by atoms with Crippen LogP contribution in [0.3, 0.4) is 0 Å². The molecule has 0 aromatic heterocycles. The van der Waals surface area contributed by atoms with Crippen LogP contribution in [-0.2, 0) is 34.8 Å². The minimum Gasteiger partial charge on any atom is -0.480 e. The van der Waals surface area contributed by atoms with Crippen LogP contribution in [0.15, 0.2) is 84.9 Å². The first kappa shape index (κ1) is 31.0. The molecule has 6 N–H and O–H groups in total. The van der Waals surface area contributed by atoms with E-state index in [1.54, 1.807) is 42.5 Å². The predicted molar refractivity (Wildman–Crippen MR) is 151 cm³/mol. The van der Waals surface area contributed by atoms with Gasteiger partial charge in [-0.05, 0) is 28.7 Å². The standard InChI is InChI=1S/C29H31N3O8S/c30-23(28(35)36)15-16-25(33)31-24(27(34)32-26(29(37)38)20-11-5-2-6-12-20)18-41(39,40)17-21-13-7-8-14-22(21)19-9-3-1-4-10-19/h1-14,23-24,26H,15-18,30H2,(H,31,33)(H,32,34)(H,35,36)(H,37,38)/t23-,24-,26+/m0/s1. The molecule has 0 spiro atoms. The topological polar surface area (TPSA) is 193 Å². The molecule has 3 aromatic carbocycles. The highest BCUT2D eigenvalue weighted by Crippen LogP contribution is 2.25. The van der Waals surface area contributed by atoms with Gasteiger partial charge in [-0.2, -0.15) is 0 Å². The Bertz CT molecular complexity index is 1480. The zero-order valence-corrected chi connectivity index (χ0v) is 22.8. The van der Waals surface area contributed by atoms with Gasteiger partial charge in [0.25, 0.3) is 0 Å². The summed E-state index contributed by atoms with van der Waals surface area (Å²) < 4.78 is 26.8. The van der Waals surface area contributed by atoms with Gasteiger partial charge in [0.05, 0.1) is 11.5 Å². The van der Waals surface area contributed by atoms with Crippen LogP contribution in [-0.4, -0.2) is 60.2 Å². The van der Waals surface area contributed by atoms with Crippen molar-refractivity contribution in [1.82, 2.24) is 10.6 Å². The number of carbonyl (C=O) groups excluding carboxylic acids is 2. The van der Waals surface area contributed by atoms with Gasteiger partial charge in [0.15, 0.2) is 15.9 Å². The fraction of sp³-hybridized carbons (Fsp3) is 0.241. The summed E-state index contributed by atoms with van der Waals surface area (Å²) in [6.45, 7) is 0. The van der Waals surface area contributed by atoms with E-state index in [9.17, 15) is 32.7 Å². The van der Waals surface area contributed by atoms with E-state index in [0.717, 1.165) is 5.56 Å². The molecule has 0 aliphatic rings. The summed E-state index contributed by atoms with van der Waals surface area (Å²) in [4.78, 5) is 48.8. The highest BCUT2D eigenvalue weighted by Gasteiger charge is 2.32. The molecule has 0 aliphatic heterocycles. The highest BCUT2D eigenvalue weighted by molar-refractivity contribution is 7.90. The average Bonchev–Trinajstić information content (AvgIpc) is 2.94. The van der Waals surface area contributed by atoms with Crippen LogP contribution in [0.4, 0.5) is 0 Å². The molecule has 0 saturated heterocycles. The van der Waals surface area contributed by atoms with E-state index < -0.39 is 69.6 Å². The minimum atomic E-state index is -4.06. The van der Waals surface area contributed by atoms with Crippen molar-refractivity contribution in [2.24, 2.45) is 5.73 Å². The number of hydrogen-bond donors (Lipinski definition) is 5. The van der Waals surface area contributed by atoms with E-state index in [1.807, 2.05) is 30.3 Å².